The monoisotopic (exact) mass is 365 g/mol. The van der Waals surface area contributed by atoms with Gasteiger partial charge in [0.25, 0.3) is 0 Å². The average molecular weight is 366 g/mol. The maximum atomic E-state index is 12.8. The summed E-state index contributed by atoms with van der Waals surface area (Å²) in [7, 11) is 3.04. The maximum Gasteiger partial charge on any atom is 0.420 e. The Bertz CT molecular complexity index is 762. The number of hydrogen-bond acceptors (Lipinski definition) is 6. The van der Waals surface area contributed by atoms with Gasteiger partial charge in [0.05, 0.1) is 19.9 Å². The van der Waals surface area contributed by atoms with Gasteiger partial charge in [-0.15, -0.1) is 0 Å². The van der Waals surface area contributed by atoms with E-state index in [0.717, 1.165) is 0 Å². The summed E-state index contributed by atoms with van der Waals surface area (Å²) in [5.41, 5.74) is -0.251. The Labute approximate surface area is 151 Å². The third-order valence-electron chi connectivity index (χ3n) is 3.05. The van der Waals surface area contributed by atoms with E-state index in [-0.39, 0.29) is 11.0 Å². The summed E-state index contributed by atoms with van der Waals surface area (Å²) in [6.45, 7) is 5.34. The Morgan fingerprint density at radius 2 is 1.84 bits per heavy atom. The number of anilines is 2. The Balaban J connectivity index is 2.57. The summed E-state index contributed by atoms with van der Waals surface area (Å²) in [6, 6.07) is 6.51. The second kappa shape index (κ2) is 7.57. The molecule has 0 aliphatic heterocycles. The maximum absolute atomic E-state index is 12.8. The fourth-order valence-electron chi connectivity index (χ4n) is 2.04. The van der Waals surface area contributed by atoms with Crippen LogP contribution in [0.3, 0.4) is 0 Å². The van der Waals surface area contributed by atoms with Crippen molar-refractivity contribution in [3.63, 3.8) is 0 Å². The Morgan fingerprint density at radius 3 is 2.40 bits per heavy atom. The molecule has 0 saturated heterocycles. The average Bonchev–Trinajstić information content (AvgIpc) is 2.53. The lowest BCUT2D eigenvalue weighted by Crippen LogP contribution is -2.34. The zero-order chi connectivity index (χ0) is 18.6. The van der Waals surface area contributed by atoms with Crippen molar-refractivity contribution < 1.29 is 19.0 Å². The molecule has 1 aromatic heterocycles. The highest BCUT2D eigenvalue weighted by molar-refractivity contribution is 6.29. The molecular formula is C17H20ClN3O4. The van der Waals surface area contributed by atoms with Crippen LogP contribution in [0, 0.1) is 0 Å². The number of aromatic nitrogens is 2. The van der Waals surface area contributed by atoms with Crippen molar-refractivity contribution in [2.24, 2.45) is 0 Å². The summed E-state index contributed by atoms with van der Waals surface area (Å²) in [6.07, 6.45) is 0.649. The number of rotatable bonds is 4. The second-order valence-corrected chi connectivity index (χ2v) is 6.44. The fraction of sp³-hybridized carbons (Fsp3) is 0.353. The van der Waals surface area contributed by atoms with Gasteiger partial charge in [-0.3, -0.25) is 0 Å². The van der Waals surface area contributed by atoms with Crippen LogP contribution >= 0.6 is 11.6 Å². The molecular weight excluding hydrogens is 346 g/mol. The molecule has 1 amide bonds. The van der Waals surface area contributed by atoms with E-state index in [1.807, 2.05) is 0 Å². The molecule has 0 saturated carbocycles. The van der Waals surface area contributed by atoms with Gasteiger partial charge < -0.3 is 14.2 Å². The van der Waals surface area contributed by atoms with Gasteiger partial charge in [-0.05, 0) is 32.9 Å². The summed E-state index contributed by atoms with van der Waals surface area (Å²) in [4.78, 5) is 22.1. The minimum atomic E-state index is -0.689. The van der Waals surface area contributed by atoms with E-state index in [1.165, 1.54) is 24.4 Å². The van der Waals surface area contributed by atoms with Crippen LogP contribution in [0.5, 0.6) is 11.5 Å². The van der Waals surface area contributed by atoms with Crippen molar-refractivity contribution in [2.45, 2.75) is 26.4 Å². The highest BCUT2D eigenvalue weighted by Crippen LogP contribution is 2.37. The predicted octanol–water partition coefficient (Wildman–Crippen LogP) is 4.22. The molecule has 0 aliphatic carbocycles. The topological polar surface area (TPSA) is 73.8 Å². The molecule has 2 rings (SSSR count). The standard InChI is InChI=1S/C17H20ClN3O4/c1-17(2,3)25-16(22)21(15-9-14(18)19-10-20-15)12-7-6-11(23-4)8-13(12)24-5/h6-10H,1-5H3. The van der Waals surface area contributed by atoms with Gasteiger partial charge in [-0.1, -0.05) is 11.6 Å². The highest BCUT2D eigenvalue weighted by atomic mass is 35.5. The molecule has 0 atom stereocenters. The van der Waals surface area contributed by atoms with E-state index < -0.39 is 11.7 Å². The first-order valence-corrected chi connectivity index (χ1v) is 7.85. The molecule has 0 unspecified atom stereocenters. The van der Waals surface area contributed by atoms with Crippen LogP contribution in [-0.4, -0.2) is 35.9 Å². The lowest BCUT2D eigenvalue weighted by molar-refractivity contribution is 0.0597. The van der Waals surface area contributed by atoms with Crippen LogP contribution in [0.15, 0.2) is 30.6 Å². The minimum absolute atomic E-state index is 0.200. The number of ether oxygens (including phenoxy) is 3. The van der Waals surface area contributed by atoms with Gasteiger partial charge in [-0.25, -0.2) is 19.7 Å². The van der Waals surface area contributed by atoms with E-state index in [0.29, 0.717) is 17.2 Å². The Kier molecular flexibility index (Phi) is 5.69. The molecule has 0 fully saturated rings. The highest BCUT2D eigenvalue weighted by Gasteiger charge is 2.28. The SMILES string of the molecule is COc1ccc(N(C(=O)OC(C)(C)C)c2cc(Cl)ncn2)c(OC)c1. The Hall–Kier alpha value is -2.54. The first-order valence-electron chi connectivity index (χ1n) is 7.48. The lowest BCUT2D eigenvalue weighted by Gasteiger charge is -2.27. The van der Waals surface area contributed by atoms with E-state index in [4.69, 9.17) is 25.8 Å². The fourth-order valence-corrected chi connectivity index (χ4v) is 2.18. The first kappa shape index (κ1) is 18.8. The molecule has 134 valence electrons. The molecule has 1 aromatic carbocycles. The number of methoxy groups -OCH3 is 2. The molecule has 7 nitrogen and oxygen atoms in total. The lowest BCUT2D eigenvalue weighted by atomic mass is 10.2. The third kappa shape index (κ3) is 4.73. The number of benzene rings is 1. The number of halogens is 1. The number of nitrogens with zero attached hydrogens (tertiary/aromatic N) is 3. The molecule has 1 heterocycles. The van der Waals surface area contributed by atoms with Crippen LogP contribution in [-0.2, 0) is 4.74 Å². The van der Waals surface area contributed by atoms with Crippen LogP contribution in [0.1, 0.15) is 20.8 Å². The van der Waals surface area contributed by atoms with E-state index in [1.54, 1.807) is 46.1 Å². The molecule has 0 bridgehead atoms. The van der Waals surface area contributed by atoms with Crippen molar-refractivity contribution in [2.75, 3.05) is 19.1 Å². The number of carbonyl (C=O) groups excluding carboxylic acids is 1. The van der Waals surface area contributed by atoms with Crippen molar-refractivity contribution in [3.05, 3.63) is 35.7 Å². The zero-order valence-electron chi connectivity index (χ0n) is 14.7. The van der Waals surface area contributed by atoms with Crippen molar-refractivity contribution >= 4 is 29.2 Å². The quantitative estimate of drug-likeness (QED) is 0.755. The van der Waals surface area contributed by atoms with E-state index in [2.05, 4.69) is 9.97 Å². The predicted molar refractivity (Wildman–Crippen MR) is 95.0 cm³/mol. The molecule has 0 radical (unpaired) electrons. The van der Waals surface area contributed by atoms with Gasteiger partial charge in [0.15, 0.2) is 0 Å². The van der Waals surface area contributed by atoms with Gasteiger partial charge in [0, 0.05) is 12.1 Å². The molecule has 8 heteroatoms. The smallest absolute Gasteiger partial charge is 0.420 e. The van der Waals surface area contributed by atoms with Gasteiger partial charge in [0.2, 0.25) is 0 Å². The van der Waals surface area contributed by atoms with Gasteiger partial charge in [0.1, 0.15) is 34.4 Å². The van der Waals surface area contributed by atoms with Gasteiger partial charge in [-0.2, -0.15) is 0 Å². The first-order chi connectivity index (χ1) is 11.7. The number of amides is 1. The normalized spacial score (nSPS) is 11.0. The van der Waals surface area contributed by atoms with Crippen LogP contribution in [0.4, 0.5) is 16.3 Å². The van der Waals surface area contributed by atoms with Crippen LogP contribution in [0.2, 0.25) is 5.15 Å². The van der Waals surface area contributed by atoms with Gasteiger partial charge >= 0.3 is 6.09 Å². The summed E-state index contributed by atoms with van der Waals surface area (Å²) >= 11 is 5.95. The van der Waals surface area contributed by atoms with Crippen molar-refractivity contribution in [3.8, 4) is 11.5 Å². The summed E-state index contributed by atoms with van der Waals surface area (Å²) < 4.78 is 16.1. The number of carbonyl (C=O) groups is 1. The van der Waals surface area contributed by atoms with Crippen LogP contribution < -0.4 is 14.4 Å². The molecule has 0 aliphatic rings. The summed E-state index contributed by atoms with van der Waals surface area (Å²) in [5.74, 6) is 1.27. The van der Waals surface area contributed by atoms with Crippen molar-refractivity contribution in [1.29, 1.82) is 0 Å². The second-order valence-electron chi connectivity index (χ2n) is 6.05. The zero-order valence-corrected chi connectivity index (χ0v) is 15.5. The molecule has 0 N–H and O–H groups in total. The third-order valence-corrected chi connectivity index (χ3v) is 3.26. The van der Waals surface area contributed by atoms with E-state index in [9.17, 15) is 4.79 Å². The molecule has 2 aromatic rings. The van der Waals surface area contributed by atoms with Crippen LogP contribution in [0.25, 0.3) is 0 Å². The largest absolute Gasteiger partial charge is 0.497 e. The Morgan fingerprint density at radius 1 is 1.12 bits per heavy atom. The minimum Gasteiger partial charge on any atom is -0.497 e. The molecule has 0 spiro atoms. The number of hydrogen-bond donors (Lipinski definition) is 0. The van der Waals surface area contributed by atoms with Crippen molar-refractivity contribution in [1.82, 2.24) is 9.97 Å². The molecule has 25 heavy (non-hydrogen) atoms. The van der Waals surface area contributed by atoms with E-state index >= 15 is 0 Å². The summed E-state index contributed by atoms with van der Waals surface area (Å²) in [5, 5.41) is 0.200.